The molecule has 2 aromatic rings. The standard InChI is InChI=1S/C13H12N2O2/c1-9-6-7-10(8-15-9)17-12-5-3-2-4-11(12)13(14)16/h2-8H,1H3,(H2,14,16). The largest absolute Gasteiger partial charge is 0.455 e. The van der Waals surface area contributed by atoms with Gasteiger partial charge in [0.2, 0.25) is 0 Å². The molecule has 86 valence electrons. The highest BCUT2D eigenvalue weighted by molar-refractivity contribution is 5.95. The molecule has 17 heavy (non-hydrogen) atoms. The van der Waals surface area contributed by atoms with Gasteiger partial charge in [0.05, 0.1) is 11.8 Å². The van der Waals surface area contributed by atoms with E-state index in [9.17, 15) is 4.79 Å². The zero-order chi connectivity index (χ0) is 12.3. The van der Waals surface area contributed by atoms with Crippen molar-refractivity contribution in [3.05, 3.63) is 53.9 Å². The molecule has 0 fully saturated rings. The van der Waals surface area contributed by atoms with Crippen LogP contribution in [0.4, 0.5) is 0 Å². The first-order chi connectivity index (χ1) is 8.16. The summed E-state index contributed by atoms with van der Waals surface area (Å²) >= 11 is 0. The molecule has 1 aromatic heterocycles. The fourth-order valence-electron chi connectivity index (χ4n) is 1.40. The van der Waals surface area contributed by atoms with Crippen molar-refractivity contribution in [2.24, 2.45) is 5.73 Å². The normalized spacial score (nSPS) is 9.94. The van der Waals surface area contributed by atoms with Gasteiger partial charge in [-0.05, 0) is 31.2 Å². The van der Waals surface area contributed by atoms with Crippen LogP contribution in [0.3, 0.4) is 0 Å². The van der Waals surface area contributed by atoms with Gasteiger partial charge < -0.3 is 10.5 Å². The Bertz CT molecular complexity index is 535. The number of para-hydroxylation sites is 1. The Morgan fingerprint density at radius 2 is 2.00 bits per heavy atom. The van der Waals surface area contributed by atoms with Crippen molar-refractivity contribution in [3.8, 4) is 11.5 Å². The number of benzene rings is 1. The second-order valence-corrected chi connectivity index (χ2v) is 3.60. The van der Waals surface area contributed by atoms with Crippen LogP contribution in [-0.4, -0.2) is 10.9 Å². The monoisotopic (exact) mass is 228 g/mol. The van der Waals surface area contributed by atoms with Gasteiger partial charge in [0, 0.05) is 5.69 Å². The Balaban J connectivity index is 2.30. The second kappa shape index (κ2) is 4.65. The van der Waals surface area contributed by atoms with E-state index in [2.05, 4.69) is 4.98 Å². The number of pyridine rings is 1. The number of aryl methyl sites for hydroxylation is 1. The summed E-state index contributed by atoms with van der Waals surface area (Å²) in [5, 5.41) is 0. The smallest absolute Gasteiger partial charge is 0.252 e. The number of ether oxygens (including phenoxy) is 1. The highest BCUT2D eigenvalue weighted by Crippen LogP contribution is 2.24. The van der Waals surface area contributed by atoms with E-state index < -0.39 is 5.91 Å². The minimum absolute atomic E-state index is 0.355. The first kappa shape index (κ1) is 11.1. The summed E-state index contributed by atoms with van der Waals surface area (Å²) in [7, 11) is 0. The summed E-state index contributed by atoms with van der Waals surface area (Å²) in [5.41, 5.74) is 6.52. The Labute approximate surface area is 99.1 Å². The second-order valence-electron chi connectivity index (χ2n) is 3.60. The summed E-state index contributed by atoms with van der Waals surface area (Å²) in [6, 6.07) is 10.5. The average Bonchev–Trinajstić information content (AvgIpc) is 2.32. The number of carbonyl (C=O) groups is 1. The average molecular weight is 228 g/mol. The predicted octanol–water partition coefficient (Wildman–Crippen LogP) is 2.28. The highest BCUT2D eigenvalue weighted by atomic mass is 16.5. The van der Waals surface area contributed by atoms with Crippen molar-refractivity contribution < 1.29 is 9.53 Å². The molecule has 0 aliphatic carbocycles. The Hall–Kier alpha value is -2.36. The third-order valence-corrected chi connectivity index (χ3v) is 2.26. The van der Waals surface area contributed by atoms with Crippen LogP contribution in [0.5, 0.6) is 11.5 Å². The first-order valence-corrected chi connectivity index (χ1v) is 5.16. The van der Waals surface area contributed by atoms with Crippen LogP contribution < -0.4 is 10.5 Å². The molecule has 0 atom stereocenters. The van der Waals surface area contributed by atoms with Crippen molar-refractivity contribution in [3.63, 3.8) is 0 Å². The van der Waals surface area contributed by atoms with E-state index in [0.717, 1.165) is 5.69 Å². The molecule has 2 rings (SSSR count). The molecule has 0 radical (unpaired) electrons. The van der Waals surface area contributed by atoms with Crippen LogP contribution >= 0.6 is 0 Å². The van der Waals surface area contributed by atoms with E-state index in [1.807, 2.05) is 13.0 Å². The summed E-state index contributed by atoms with van der Waals surface area (Å²) in [6.07, 6.45) is 1.60. The number of amides is 1. The number of nitrogens with zero attached hydrogens (tertiary/aromatic N) is 1. The maximum atomic E-state index is 11.2. The Morgan fingerprint density at radius 3 is 2.65 bits per heavy atom. The maximum Gasteiger partial charge on any atom is 0.252 e. The lowest BCUT2D eigenvalue weighted by Gasteiger charge is -2.08. The molecule has 1 amide bonds. The van der Waals surface area contributed by atoms with E-state index in [0.29, 0.717) is 17.1 Å². The molecule has 0 saturated carbocycles. The molecular weight excluding hydrogens is 216 g/mol. The molecule has 2 N–H and O–H groups in total. The van der Waals surface area contributed by atoms with Gasteiger partial charge in [-0.3, -0.25) is 9.78 Å². The van der Waals surface area contributed by atoms with E-state index in [4.69, 9.17) is 10.5 Å². The summed E-state index contributed by atoms with van der Waals surface area (Å²) in [4.78, 5) is 15.3. The van der Waals surface area contributed by atoms with Gasteiger partial charge in [0.1, 0.15) is 11.5 Å². The molecule has 0 aliphatic rings. The lowest BCUT2D eigenvalue weighted by molar-refractivity contribution is 0.0998. The molecule has 4 nitrogen and oxygen atoms in total. The number of hydrogen-bond acceptors (Lipinski definition) is 3. The Morgan fingerprint density at radius 1 is 1.24 bits per heavy atom. The van der Waals surface area contributed by atoms with Crippen LogP contribution in [-0.2, 0) is 0 Å². The van der Waals surface area contributed by atoms with E-state index in [-0.39, 0.29) is 0 Å². The van der Waals surface area contributed by atoms with Crippen molar-refractivity contribution >= 4 is 5.91 Å². The van der Waals surface area contributed by atoms with E-state index >= 15 is 0 Å². The predicted molar refractivity (Wildman–Crippen MR) is 64.0 cm³/mol. The minimum Gasteiger partial charge on any atom is -0.455 e. The lowest BCUT2D eigenvalue weighted by atomic mass is 10.2. The zero-order valence-corrected chi connectivity index (χ0v) is 9.38. The lowest BCUT2D eigenvalue weighted by Crippen LogP contribution is -2.11. The molecule has 4 heteroatoms. The maximum absolute atomic E-state index is 11.2. The van der Waals surface area contributed by atoms with Gasteiger partial charge >= 0.3 is 0 Å². The molecule has 0 saturated heterocycles. The summed E-state index contributed by atoms with van der Waals surface area (Å²) in [6.45, 7) is 1.89. The van der Waals surface area contributed by atoms with E-state index in [1.165, 1.54) is 0 Å². The minimum atomic E-state index is -0.513. The molecule has 1 aromatic carbocycles. The topological polar surface area (TPSA) is 65.2 Å². The molecule has 0 bridgehead atoms. The number of primary amides is 1. The van der Waals surface area contributed by atoms with Gasteiger partial charge in [0.25, 0.3) is 5.91 Å². The molecule has 0 aliphatic heterocycles. The summed E-state index contributed by atoms with van der Waals surface area (Å²) < 4.78 is 5.56. The van der Waals surface area contributed by atoms with Crippen LogP contribution in [0.1, 0.15) is 16.1 Å². The molecule has 1 heterocycles. The van der Waals surface area contributed by atoms with Crippen molar-refractivity contribution in [2.45, 2.75) is 6.92 Å². The highest BCUT2D eigenvalue weighted by Gasteiger charge is 2.08. The SMILES string of the molecule is Cc1ccc(Oc2ccccc2C(N)=O)cn1. The van der Waals surface area contributed by atoms with Crippen LogP contribution in [0.25, 0.3) is 0 Å². The van der Waals surface area contributed by atoms with Gasteiger partial charge in [-0.1, -0.05) is 12.1 Å². The van der Waals surface area contributed by atoms with Gasteiger partial charge in [-0.15, -0.1) is 0 Å². The molecule has 0 unspecified atom stereocenters. The molecule has 0 spiro atoms. The van der Waals surface area contributed by atoms with Gasteiger partial charge in [-0.2, -0.15) is 0 Å². The Kier molecular flexibility index (Phi) is 3.05. The van der Waals surface area contributed by atoms with Crippen LogP contribution in [0.2, 0.25) is 0 Å². The number of hydrogen-bond donors (Lipinski definition) is 1. The van der Waals surface area contributed by atoms with Crippen molar-refractivity contribution in [1.29, 1.82) is 0 Å². The first-order valence-electron chi connectivity index (χ1n) is 5.16. The summed E-state index contributed by atoms with van der Waals surface area (Å²) in [5.74, 6) is 0.496. The van der Waals surface area contributed by atoms with Crippen molar-refractivity contribution in [1.82, 2.24) is 4.98 Å². The van der Waals surface area contributed by atoms with Crippen LogP contribution in [0.15, 0.2) is 42.6 Å². The number of carbonyl (C=O) groups excluding carboxylic acids is 1. The van der Waals surface area contributed by atoms with E-state index in [1.54, 1.807) is 36.5 Å². The number of rotatable bonds is 3. The zero-order valence-electron chi connectivity index (χ0n) is 9.38. The fraction of sp³-hybridized carbons (Fsp3) is 0.0769. The fourth-order valence-corrected chi connectivity index (χ4v) is 1.40. The van der Waals surface area contributed by atoms with Crippen molar-refractivity contribution in [2.75, 3.05) is 0 Å². The quantitative estimate of drug-likeness (QED) is 0.876. The number of aromatic nitrogens is 1. The third-order valence-electron chi connectivity index (χ3n) is 2.26. The van der Waals surface area contributed by atoms with Crippen LogP contribution in [0, 0.1) is 6.92 Å². The third kappa shape index (κ3) is 2.60. The van der Waals surface area contributed by atoms with Gasteiger partial charge in [-0.25, -0.2) is 0 Å². The van der Waals surface area contributed by atoms with Gasteiger partial charge in [0.15, 0.2) is 0 Å². The molecular formula is C13H12N2O2. The number of nitrogens with two attached hydrogens (primary N) is 1.